The summed E-state index contributed by atoms with van der Waals surface area (Å²) in [5.41, 5.74) is 3.07. The van der Waals surface area contributed by atoms with Crippen LogP contribution in [0.5, 0.6) is 5.75 Å². The fraction of sp³-hybridized carbons (Fsp3) is 0.533. The highest BCUT2D eigenvalue weighted by Gasteiger charge is 2.57. The molecule has 1 amide bonds. The number of ether oxygens (including phenoxy) is 2. The second kappa shape index (κ2) is 9.89. The Morgan fingerprint density at radius 1 is 1.03 bits per heavy atom. The van der Waals surface area contributed by atoms with Crippen molar-refractivity contribution in [3.05, 3.63) is 59.7 Å². The Morgan fingerprint density at radius 2 is 1.75 bits per heavy atom. The number of anilines is 1. The highest BCUT2D eigenvalue weighted by atomic mass is 16.5. The van der Waals surface area contributed by atoms with Gasteiger partial charge in [-0.25, -0.2) is 4.79 Å². The lowest BCUT2D eigenvalue weighted by molar-refractivity contribution is -0.118. The van der Waals surface area contributed by atoms with E-state index in [1.165, 1.54) is 51.2 Å². The quantitative estimate of drug-likeness (QED) is 0.465. The summed E-state index contributed by atoms with van der Waals surface area (Å²) in [6.45, 7) is 5.53. The average molecular weight is 491 g/mol. The molecule has 192 valence electrons. The topological polar surface area (TPSA) is 76.7 Å². The minimum atomic E-state index is -0.441. The van der Waals surface area contributed by atoms with Crippen molar-refractivity contribution in [1.29, 1.82) is 0 Å². The highest BCUT2D eigenvalue weighted by Crippen LogP contribution is 2.65. The smallest absolute Gasteiger partial charge is 0.337 e. The number of benzene rings is 2. The normalized spacial score (nSPS) is 28.2. The van der Waals surface area contributed by atoms with Gasteiger partial charge in [-0.1, -0.05) is 32.0 Å². The first-order valence-electron chi connectivity index (χ1n) is 13.2. The summed E-state index contributed by atoms with van der Waals surface area (Å²) in [5.74, 6) is 1.67. The van der Waals surface area contributed by atoms with Gasteiger partial charge in [-0.15, -0.1) is 0 Å². The molecule has 6 nitrogen and oxygen atoms in total. The van der Waals surface area contributed by atoms with Crippen LogP contribution >= 0.6 is 0 Å². The van der Waals surface area contributed by atoms with E-state index in [2.05, 4.69) is 36.6 Å². The number of carbonyl (C=O) groups is 2. The molecule has 4 aliphatic carbocycles. The Hall–Kier alpha value is -2.86. The first-order chi connectivity index (χ1) is 17.3. The fourth-order valence-electron chi connectivity index (χ4n) is 7.51. The van der Waals surface area contributed by atoms with E-state index in [4.69, 9.17) is 9.47 Å². The molecular formula is C30H38N2O4. The predicted octanol–water partition coefficient (Wildman–Crippen LogP) is 5.33. The van der Waals surface area contributed by atoms with Crippen LogP contribution in [0.4, 0.5) is 5.69 Å². The largest absolute Gasteiger partial charge is 0.484 e. The van der Waals surface area contributed by atoms with Gasteiger partial charge >= 0.3 is 5.97 Å². The number of amides is 1. The average Bonchev–Trinajstić information content (AvgIpc) is 2.85. The van der Waals surface area contributed by atoms with Crippen molar-refractivity contribution < 1.29 is 19.1 Å². The Balaban J connectivity index is 1.21. The molecule has 2 N–H and O–H groups in total. The number of rotatable bonds is 9. The van der Waals surface area contributed by atoms with Crippen LogP contribution in [0.3, 0.4) is 0 Å². The lowest BCUT2D eigenvalue weighted by Gasteiger charge is -2.62. The van der Waals surface area contributed by atoms with Crippen molar-refractivity contribution in [3.63, 3.8) is 0 Å². The van der Waals surface area contributed by atoms with Crippen molar-refractivity contribution in [3.8, 4) is 5.75 Å². The van der Waals surface area contributed by atoms with E-state index in [0.717, 1.165) is 18.4 Å². The van der Waals surface area contributed by atoms with E-state index in [9.17, 15) is 9.59 Å². The molecule has 4 aliphatic rings. The maximum absolute atomic E-state index is 12.4. The molecule has 2 unspecified atom stereocenters. The second-order valence-corrected chi connectivity index (χ2v) is 11.7. The molecule has 6 heteroatoms. The third-order valence-electron chi connectivity index (χ3n) is 8.47. The van der Waals surface area contributed by atoms with Crippen molar-refractivity contribution in [2.75, 3.05) is 25.6 Å². The molecule has 0 spiro atoms. The Labute approximate surface area is 214 Å². The van der Waals surface area contributed by atoms with E-state index < -0.39 is 5.97 Å². The number of esters is 1. The molecule has 36 heavy (non-hydrogen) atoms. The lowest BCUT2D eigenvalue weighted by Crippen LogP contribution is -2.57. The van der Waals surface area contributed by atoms with Gasteiger partial charge in [-0.05, 0) is 97.1 Å². The summed E-state index contributed by atoms with van der Waals surface area (Å²) >= 11 is 0. The molecule has 0 aromatic heterocycles. The van der Waals surface area contributed by atoms with E-state index >= 15 is 0 Å². The van der Waals surface area contributed by atoms with E-state index in [1.807, 2.05) is 12.1 Å². The second-order valence-electron chi connectivity index (χ2n) is 11.7. The summed E-state index contributed by atoms with van der Waals surface area (Å²) < 4.78 is 10.5. The number of hydrogen-bond acceptors (Lipinski definition) is 5. The third kappa shape index (κ3) is 5.15. The van der Waals surface area contributed by atoms with E-state index in [0.29, 0.717) is 28.5 Å². The van der Waals surface area contributed by atoms with Crippen LogP contribution in [0.2, 0.25) is 0 Å². The first kappa shape index (κ1) is 24.8. The Kier molecular flexibility index (Phi) is 6.82. The third-order valence-corrected chi connectivity index (χ3v) is 8.47. The van der Waals surface area contributed by atoms with Gasteiger partial charge in [0, 0.05) is 18.3 Å². The van der Waals surface area contributed by atoms with Crippen LogP contribution in [0.15, 0.2) is 48.5 Å². The fourth-order valence-corrected chi connectivity index (χ4v) is 7.51. The Morgan fingerprint density at radius 3 is 2.42 bits per heavy atom. The summed E-state index contributed by atoms with van der Waals surface area (Å²) in [7, 11) is 1.33. The molecule has 4 bridgehead atoms. The van der Waals surface area contributed by atoms with Gasteiger partial charge in [0.25, 0.3) is 5.91 Å². The molecule has 2 aromatic carbocycles. The SMILES string of the molecule is COC(=O)c1cccc(NC(=O)COc2ccc(C34CC5CC(CC(CNC(C)C)(C5)C3)C4)cc2)c1. The molecule has 0 saturated heterocycles. The van der Waals surface area contributed by atoms with Crippen LogP contribution in [0.1, 0.15) is 68.3 Å². The minimum Gasteiger partial charge on any atom is -0.484 e. The molecular weight excluding hydrogens is 452 g/mol. The predicted molar refractivity (Wildman–Crippen MR) is 140 cm³/mol. The number of carbonyl (C=O) groups excluding carboxylic acids is 2. The summed E-state index contributed by atoms with van der Waals surface area (Å²) in [6.07, 6.45) is 8.05. The number of methoxy groups -OCH3 is 1. The van der Waals surface area contributed by atoms with Crippen LogP contribution < -0.4 is 15.4 Å². The van der Waals surface area contributed by atoms with Gasteiger partial charge in [-0.2, -0.15) is 0 Å². The first-order valence-corrected chi connectivity index (χ1v) is 13.2. The molecule has 0 radical (unpaired) electrons. The van der Waals surface area contributed by atoms with E-state index in [-0.39, 0.29) is 17.9 Å². The monoisotopic (exact) mass is 490 g/mol. The molecule has 6 rings (SSSR count). The summed E-state index contributed by atoms with van der Waals surface area (Å²) in [6, 6.07) is 15.7. The van der Waals surface area contributed by atoms with Crippen LogP contribution in [-0.2, 0) is 14.9 Å². The molecule has 0 aliphatic heterocycles. The van der Waals surface area contributed by atoms with E-state index in [1.54, 1.807) is 24.3 Å². The summed E-state index contributed by atoms with van der Waals surface area (Å²) in [4.78, 5) is 24.1. The van der Waals surface area contributed by atoms with Gasteiger partial charge in [0.1, 0.15) is 5.75 Å². The maximum atomic E-state index is 12.4. The van der Waals surface area contributed by atoms with Gasteiger partial charge < -0.3 is 20.1 Å². The zero-order chi connectivity index (χ0) is 25.3. The Bertz CT molecular complexity index is 1100. The van der Waals surface area contributed by atoms with Crippen molar-refractivity contribution >= 4 is 17.6 Å². The molecule has 4 saturated carbocycles. The molecule has 4 fully saturated rings. The van der Waals surface area contributed by atoms with Crippen molar-refractivity contribution in [2.45, 2.75) is 63.8 Å². The number of hydrogen-bond donors (Lipinski definition) is 2. The van der Waals surface area contributed by atoms with Crippen LogP contribution in [-0.4, -0.2) is 38.2 Å². The van der Waals surface area contributed by atoms with Gasteiger partial charge in [0.15, 0.2) is 6.61 Å². The molecule has 2 atom stereocenters. The van der Waals surface area contributed by atoms with Gasteiger partial charge in [0.2, 0.25) is 0 Å². The summed E-state index contributed by atoms with van der Waals surface area (Å²) in [5, 5.41) is 6.53. The van der Waals surface area contributed by atoms with Crippen molar-refractivity contribution in [2.24, 2.45) is 17.3 Å². The highest BCUT2D eigenvalue weighted by molar-refractivity contribution is 5.95. The molecule has 0 heterocycles. The number of nitrogens with one attached hydrogen (secondary N) is 2. The molecule has 2 aromatic rings. The van der Waals surface area contributed by atoms with Gasteiger partial charge in [-0.3, -0.25) is 4.79 Å². The zero-order valence-corrected chi connectivity index (χ0v) is 21.6. The maximum Gasteiger partial charge on any atom is 0.337 e. The standard InChI is InChI=1S/C30H38N2O4/c1-20(2)31-19-29-13-21-11-22(14-29)16-30(15-21,18-29)24-7-9-26(10-8-24)36-17-27(33)32-25-6-4-5-23(12-25)28(34)35-3/h4-10,12,20-22,31H,11,13-19H2,1-3H3,(H,32,33). The minimum absolute atomic E-state index is 0.0962. The van der Waals surface area contributed by atoms with Crippen LogP contribution in [0.25, 0.3) is 0 Å². The van der Waals surface area contributed by atoms with Gasteiger partial charge in [0.05, 0.1) is 12.7 Å². The lowest BCUT2D eigenvalue weighted by atomic mass is 9.43. The van der Waals surface area contributed by atoms with Crippen molar-refractivity contribution in [1.82, 2.24) is 5.32 Å². The zero-order valence-electron chi connectivity index (χ0n) is 21.6. The van der Waals surface area contributed by atoms with Crippen LogP contribution in [0, 0.1) is 17.3 Å².